The van der Waals surface area contributed by atoms with Crippen molar-refractivity contribution in [2.45, 2.75) is 31.8 Å². The van der Waals surface area contributed by atoms with Gasteiger partial charge in [0.25, 0.3) is 0 Å². The third-order valence-corrected chi connectivity index (χ3v) is 3.92. The SMILES string of the molecule is CN(Cc1ccc(C(N)=O)cc1)C(=O)C1CCCC1N. The second-order valence-corrected chi connectivity index (χ2v) is 5.46. The Bertz CT molecular complexity index is 498. The molecule has 1 aliphatic carbocycles. The lowest BCUT2D eigenvalue weighted by Crippen LogP contribution is -2.39. The summed E-state index contributed by atoms with van der Waals surface area (Å²) in [6.45, 7) is 0.515. The molecule has 1 fully saturated rings. The molecule has 1 aromatic carbocycles. The molecule has 0 spiro atoms. The van der Waals surface area contributed by atoms with Crippen LogP contribution < -0.4 is 11.5 Å². The van der Waals surface area contributed by atoms with Gasteiger partial charge in [-0.05, 0) is 30.5 Å². The zero-order chi connectivity index (χ0) is 14.7. The summed E-state index contributed by atoms with van der Waals surface area (Å²) in [6, 6.07) is 6.98. The standard InChI is InChI=1S/C15H21N3O2/c1-18(15(20)12-3-2-4-13(12)16)9-10-5-7-11(8-6-10)14(17)19/h5-8,12-13H,2-4,9,16H2,1H3,(H2,17,19). The summed E-state index contributed by atoms with van der Waals surface area (Å²) in [5.74, 6) is -0.392. The van der Waals surface area contributed by atoms with Crippen LogP contribution in [0.4, 0.5) is 0 Å². The molecule has 2 unspecified atom stereocenters. The van der Waals surface area contributed by atoms with Gasteiger partial charge in [0, 0.05) is 25.2 Å². The fraction of sp³-hybridized carbons (Fsp3) is 0.467. The molecule has 5 heteroatoms. The Morgan fingerprint density at radius 3 is 2.40 bits per heavy atom. The van der Waals surface area contributed by atoms with E-state index in [0.717, 1.165) is 24.8 Å². The van der Waals surface area contributed by atoms with Crippen LogP contribution in [0.3, 0.4) is 0 Å². The van der Waals surface area contributed by atoms with Gasteiger partial charge in [-0.25, -0.2) is 0 Å². The van der Waals surface area contributed by atoms with Crippen molar-refractivity contribution in [2.24, 2.45) is 17.4 Å². The molecule has 0 saturated heterocycles. The minimum Gasteiger partial charge on any atom is -0.366 e. The molecule has 1 saturated carbocycles. The van der Waals surface area contributed by atoms with E-state index in [1.54, 1.807) is 24.1 Å². The molecule has 0 radical (unpaired) electrons. The van der Waals surface area contributed by atoms with E-state index in [1.165, 1.54) is 0 Å². The molecule has 0 bridgehead atoms. The van der Waals surface area contributed by atoms with Crippen LogP contribution in [0.2, 0.25) is 0 Å². The average molecular weight is 275 g/mol. The van der Waals surface area contributed by atoms with Gasteiger partial charge in [-0.15, -0.1) is 0 Å². The summed E-state index contributed by atoms with van der Waals surface area (Å²) >= 11 is 0. The van der Waals surface area contributed by atoms with Gasteiger partial charge in [-0.2, -0.15) is 0 Å². The van der Waals surface area contributed by atoms with E-state index in [2.05, 4.69) is 0 Å². The van der Waals surface area contributed by atoms with Crippen LogP contribution in [0.25, 0.3) is 0 Å². The quantitative estimate of drug-likeness (QED) is 0.854. The summed E-state index contributed by atoms with van der Waals surface area (Å²) in [7, 11) is 1.79. The minimum absolute atomic E-state index is 0.0119. The number of benzene rings is 1. The molecular weight excluding hydrogens is 254 g/mol. The molecule has 2 amide bonds. The highest BCUT2D eigenvalue weighted by Crippen LogP contribution is 2.26. The zero-order valence-corrected chi connectivity index (χ0v) is 11.7. The largest absolute Gasteiger partial charge is 0.366 e. The van der Waals surface area contributed by atoms with E-state index in [-0.39, 0.29) is 17.9 Å². The van der Waals surface area contributed by atoms with Crippen molar-refractivity contribution in [3.05, 3.63) is 35.4 Å². The van der Waals surface area contributed by atoms with E-state index < -0.39 is 5.91 Å². The van der Waals surface area contributed by atoms with Gasteiger partial charge in [0.2, 0.25) is 11.8 Å². The number of primary amides is 1. The number of nitrogens with zero attached hydrogens (tertiary/aromatic N) is 1. The first-order chi connectivity index (χ1) is 9.49. The Labute approximate surface area is 118 Å². The number of amides is 2. The van der Waals surface area contributed by atoms with Crippen molar-refractivity contribution in [3.8, 4) is 0 Å². The highest BCUT2D eigenvalue weighted by Gasteiger charge is 2.32. The molecule has 2 rings (SSSR count). The lowest BCUT2D eigenvalue weighted by Gasteiger charge is -2.23. The zero-order valence-electron chi connectivity index (χ0n) is 11.7. The van der Waals surface area contributed by atoms with Crippen molar-refractivity contribution in [2.75, 3.05) is 7.05 Å². The second-order valence-electron chi connectivity index (χ2n) is 5.46. The van der Waals surface area contributed by atoms with Crippen LogP contribution in [-0.2, 0) is 11.3 Å². The van der Waals surface area contributed by atoms with Gasteiger partial charge >= 0.3 is 0 Å². The van der Waals surface area contributed by atoms with E-state index in [4.69, 9.17) is 11.5 Å². The van der Waals surface area contributed by atoms with Crippen LogP contribution in [0.15, 0.2) is 24.3 Å². The van der Waals surface area contributed by atoms with Crippen LogP contribution in [0.5, 0.6) is 0 Å². The lowest BCUT2D eigenvalue weighted by atomic mass is 10.0. The van der Waals surface area contributed by atoms with E-state index in [0.29, 0.717) is 12.1 Å². The summed E-state index contributed by atoms with van der Waals surface area (Å²) in [4.78, 5) is 25.0. The molecule has 4 N–H and O–H groups in total. The summed E-state index contributed by atoms with van der Waals surface area (Å²) in [5.41, 5.74) is 12.6. The number of hydrogen-bond acceptors (Lipinski definition) is 3. The van der Waals surface area contributed by atoms with Gasteiger partial charge in [-0.3, -0.25) is 9.59 Å². The summed E-state index contributed by atoms with van der Waals surface area (Å²) < 4.78 is 0. The molecule has 0 aliphatic heterocycles. The first-order valence-electron chi connectivity index (χ1n) is 6.88. The first kappa shape index (κ1) is 14.5. The molecule has 1 aromatic rings. The molecule has 0 heterocycles. The first-order valence-corrected chi connectivity index (χ1v) is 6.88. The lowest BCUT2D eigenvalue weighted by molar-refractivity contribution is -0.134. The molecule has 108 valence electrons. The van der Waals surface area contributed by atoms with Gasteiger partial charge in [0.1, 0.15) is 0 Å². The minimum atomic E-state index is -0.446. The van der Waals surface area contributed by atoms with E-state index in [1.807, 2.05) is 12.1 Å². The Balaban J connectivity index is 1.98. The molecular formula is C15H21N3O2. The number of carbonyl (C=O) groups is 2. The predicted molar refractivity (Wildman–Crippen MR) is 76.8 cm³/mol. The summed E-state index contributed by atoms with van der Waals surface area (Å²) in [5, 5.41) is 0. The third-order valence-electron chi connectivity index (χ3n) is 3.92. The Kier molecular flexibility index (Phi) is 4.39. The molecule has 2 atom stereocenters. The van der Waals surface area contributed by atoms with Crippen LogP contribution in [-0.4, -0.2) is 29.8 Å². The van der Waals surface area contributed by atoms with E-state index >= 15 is 0 Å². The van der Waals surface area contributed by atoms with Crippen LogP contribution >= 0.6 is 0 Å². The highest BCUT2D eigenvalue weighted by atomic mass is 16.2. The van der Waals surface area contributed by atoms with Crippen molar-refractivity contribution in [1.82, 2.24) is 4.90 Å². The Morgan fingerprint density at radius 1 is 1.25 bits per heavy atom. The van der Waals surface area contributed by atoms with Crippen molar-refractivity contribution >= 4 is 11.8 Å². The fourth-order valence-electron chi connectivity index (χ4n) is 2.70. The Hall–Kier alpha value is -1.88. The molecule has 20 heavy (non-hydrogen) atoms. The smallest absolute Gasteiger partial charge is 0.248 e. The maximum absolute atomic E-state index is 12.3. The van der Waals surface area contributed by atoms with Crippen LogP contribution in [0, 0.1) is 5.92 Å². The van der Waals surface area contributed by atoms with Gasteiger partial charge in [-0.1, -0.05) is 18.6 Å². The third kappa shape index (κ3) is 3.17. The normalized spacial score (nSPS) is 21.7. The van der Waals surface area contributed by atoms with Crippen molar-refractivity contribution < 1.29 is 9.59 Å². The maximum Gasteiger partial charge on any atom is 0.248 e. The van der Waals surface area contributed by atoms with E-state index in [9.17, 15) is 9.59 Å². The predicted octanol–water partition coefficient (Wildman–Crippen LogP) is 0.871. The number of hydrogen-bond donors (Lipinski definition) is 2. The van der Waals surface area contributed by atoms with Crippen molar-refractivity contribution in [3.63, 3.8) is 0 Å². The average Bonchev–Trinajstić information content (AvgIpc) is 2.84. The number of carbonyl (C=O) groups excluding carboxylic acids is 2. The fourth-order valence-corrected chi connectivity index (χ4v) is 2.70. The molecule has 1 aliphatic rings. The summed E-state index contributed by atoms with van der Waals surface area (Å²) in [6.07, 6.45) is 2.83. The Morgan fingerprint density at radius 2 is 1.90 bits per heavy atom. The maximum atomic E-state index is 12.3. The second kappa shape index (κ2) is 6.05. The van der Waals surface area contributed by atoms with Gasteiger partial charge in [0.05, 0.1) is 5.92 Å². The van der Waals surface area contributed by atoms with Crippen LogP contribution in [0.1, 0.15) is 35.2 Å². The molecule has 0 aromatic heterocycles. The molecule has 5 nitrogen and oxygen atoms in total. The van der Waals surface area contributed by atoms with Crippen molar-refractivity contribution in [1.29, 1.82) is 0 Å². The number of rotatable bonds is 4. The topological polar surface area (TPSA) is 89.4 Å². The monoisotopic (exact) mass is 275 g/mol. The number of nitrogens with two attached hydrogens (primary N) is 2. The van der Waals surface area contributed by atoms with Gasteiger partial charge in [0.15, 0.2) is 0 Å². The highest BCUT2D eigenvalue weighted by molar-refractivity contribution is 5.92. The van der Waals surface area contributed by atoms with Gasteiger partial charge < -0.3 is 16.4 Å².